The molecular weight excluding hydrogens is 357 g/mol. The number of morpholine rings is 1. The molecule has 1 aliphatic heterocycles. The Balaban J connectivity index is 0.00000324. The first-order valence-corrected chi connectivity index (χ1v) is 6.91. The zero-order valence-corrected chi connectivity index (χ0v) is 14.4. The largest absolute Gasteiger partial charge is 0.396 e. The minimum absolute atomic E-state index is 0. The molecule has 1 aliphatic rings. The SMILES string of the molecule is CCC(CC)(CCO)CN=C(N)N1CCOCC1.I. The second kappa shape index (κ2) is 9.77. The maximum absolute atomic E-state index is 9.17. The third-order valence-electron chi connectivity index (χ3n) is 4.05. The summed E-state index contributed by atoms with van der Waals surface area (Å²) in [6, 6.07) is 0. The third kappa shape index (κ3) is 5.83. The molecule has 1 saturated heterocycles. The number of guanidine groups is 1. The van der Waals surface area contributed by atoms with E-state index in [1.165, 1.54) is 0 Å². The molecule has 0 aliphatic carbocycles. The minimum atomic E-state index is 0. The van der Waals surface area contributed by atoms with Crippen LogP contribution in [0.15, 0.2) is 4.99 Å². The van der Waals surface area contributed by atoms with E-state index >= 15 is 0 Å². The van der Waals surface area contributed by atoms with Crippen molar-refractivity contribution in [3.8, 4) is 0 Å². The molecule has 6 heteroatoms. The number of hydrogen-bond donors (Lipinski definition) is 2. The number of ether oxygens (including phenoxy) is 1. The number of hydrogen-bond acceptors (Lipinski definition) is 3. The van der Waals surface area contributed by atoms with Crippen molar-refractivity contribution in [2.45, 2.75) is 33.1 Å². The standard InChI is InChI=1S/C13H27N3O2.HI/c1-3-13(4-2,5-8-17)11-15-12(14)16-6-9-18-10-7-16;/h17H,3-11H2,1-2H3,(H2,14,15);1H. The lowest BCUT2D eigenvalue weighted by Gasteiger charge is -2.31. The molecule has 0 bridgehead atoms. The zero-order chi connectivity index (χ0) is 13.4. The normalized spacial score (nSPS) is 17.2. The van der Waals surface area contributed by atoms with Crippen LogP contribution in [0.5, 0.6) is 0 Å². The maximum atomic E-state index is 9.17. The van der Waals surface area contributed by atoms with Crippen LogP contribution in [0.25, 0.3) is 0 Å². The molecule has 1 fully saturated rings. The molecule has 3 N–H and O–H groups in total. The van der Waals surface area contributed by atoms with Crippen LogP contribution < -0.4 is 5.73 Å². The van der Waals surface area contributed by atoms with E-state index in [-0.39, 0.29) is 36.0 Å². The Morgan fingerprint density at radius 3 is 2.37 bits per heavy atom. The van der Waals surface area contributed by atoms with E-state index in [9.17, 15) is 5.11 Å². The summed E-state index contributed by atoms with van der Waals surface area (Å²) in [6.45, 7) is 8.30. The summed E-state index contributed by atoms with van der Waals surface area (Å²) in [5.74, 6) is 0.613. The summed E-state index contributed by atoms with van der Waals surface area (Å²) in [5, 5.41) is 9.17. The quantitative estimate of drug-likeness (QED) is 0.413. The van der Waals surface area contributed by atoms with Gasteiger partial charge in [0.2, 0.25) is 0 Å². The van der Waals surface area contributed by atoms with Crippen LogP contribution in [0, 0.1) is 5.41 Å². The van der Waals surface area contributed by atoms with Crippen LogP contribution in [-0.4, -0.2) is 55.4 Å². The van der Waals surface area contributed by atoms with Gasteiger partial charge in [-0.05, 0) is 24.7 Å². The van der Waals surface area contributed by atoms with Crippen molar-refractivity contribution in [1.29, 1.82) is 0 Å². The smallest absolute Gasteiger partial charge is 0.191 e. The van der Waals surface area contributed by atoms with E-state index in [1.807, 2.05) is 0 Å². The van der Waals surface area contributed by atoms with E-state index in [0.717, 1.165) is 45.6 Å². The first kappa shape index (κ1) is 18.9. The molecule has 0 spiro atoms. The molecule has 0 radical (unpaired) electrons. The average Bonchev–Trinajstić information content (AvgIpc) is 2.44. The van der Waals surface area contributed by atoms with E-state index in [2.05, 4.69) is 23.7 Å². The van der Waals surface area contributed by atoms with Gasteiger partial charge in [-0.2, -0.15) is 0 Å². The molecule has 5 nitrogen and oxygen atoms in total. The van der Waals surface area contributed by atoms with Crippen LogP contribution in [0.1, 0.15) is 33.1 Å². The summed E-state index contributed by atoms with van der Waals surface area (Å²) in [4.78, 5) is 6.60. The van der Waals surface area contributed by atoms with Crippen LogP contribution >= 0.6 is 24.0 Å². The first-order chi connectivity index (χ1) is 8.67. The zero-order valence-electron chi connectivity index (χ0n) is 12.1. The van der Waals surface area contributed by atoms with Gasteiger partial charge in [0.15, 0.2) is 5.96 Å². The molecule has 1 heterocycles. The summed E-state index contributed by atoms with van der Waals surface area (Å²) in [5.41, 5.74) is 6.11. The Hall–Kier alpha value is -0.0800. The van der Waals surface area contributed by atoms with Crippen LogP contribution in [0.4, 0.5) is 0 Å². The molecule has 0 aromatic rings. The van der Waals surface area contributed by atoms with Crippen molar-refractivity contribution in [2.24, 2.45) is 16.1 Å². The maximum Gasteiger partial charge on any atom is 0.191 e. The van der Waals surface area contributed by atoms with Crippen LogP contribution in [-0.2, 0) is 4.74 Å². The predicted molar refractivity (Wildman–Crippen MR) is 89.0 cm³/mol. The average molecular weight is 385 g/mol. The molecule has 0 aromatic heterocycles. The number of aliphatic hydroxyl groups excluding tert-OH is 1. The van der Waals surface area contributed by atoms with Gasteiger partial charge in [-0.3, -0.25) is 4.99 Å². The van der Waals surface area contributed by atoms with Crippen molar-refractivity contribution in [1.82, 2.24) is 4.90 Å². The third-order valence-corrected chi connectivity index (χ3v) is 4.05. The molecule has 0 atom stereocenters. The van der Waals surface area contributed by atoms with Crippen LogP contribution in [0.3, 0.4) is 0 Å². The molecule has 19 heavy (non-hydrogen) atoms. The highest BCUT2D eigenvalue weighted by Gasteiger charge is 2.25. The number of rotatable bonds is 6. The number of nitrogens with two attached hydrogens (primary N) is 1. The van der Waals surface area contributed by atoms with Gasteiger partial charge in [-0.15, -0.1) is 24.0 Å². The fourth-order valence-electron chi connectivity index (χ4n) is 2.28. The Morgan fingerprint density at radius 1 is 1.32 bits per heavy atom. The second-order valence-electron chi connectivity index (χ2n) is 4.95. The van der Waals surface area contributed by atoms with Gasteiger partial charge in [-0.25, -0.2) is 0 Å². The van der Waals surface area contributed by atoms with E-state index in [1.54, 1.807) is 0 Å². The van der Waals surface area contributed by atoms with Crippen LogP contribution in [0.2, 0.25) is 0 Å². The van der Waals surface area contributed by atoms with Crippen molar-refractivity contribution in [3.05, 3.63) is 0 Å². The second-order valence-corrected chi connectivity index (χ2v) is 4.95. The lowest BCUT2D eigenvalue weighted by Crippen LogP contribution is -2.45. The molecule has 0 unspecified atom stereocenters. The summed E-state index contributed by atoms with van der Waals surface area (Å²) in [6.07, 6.45) is 2.83. The molecule has 1 rings (SSSR count). The molecule has 0 aromatic carbocycles. The Bertz CT molecular complexity index is 265. The van der Waals surface area contributed by atoms with Gasteiger partial charge >= 0.3 is 0 Å². The Labute approximate surface area is 133 Å². The molecule has 0 saturated carbocycles. The number of aliphatic hydroxyl groups is 1. The number of aliphatic imine (C=N–C) groups is 1. The Morgan fingerprint density at radius 2 is 1.89 bits per heavy atom. The lowest BCUT2D eigenvalue weighted by molar-refractivity contribution is 0.0672. The summed E-state index contributed by atoms with van der Waals surface area (Å²) < 4.78 is 5.29. The molecule has 0 amide bonds. The van der Waals surface area contributed by atoms with Gasteiger partial charge < -0.3 is 20.5 Å². The van der Waals surface area contributed by atoms with Gasteiger partial charge in [0.25, 0.3) is 0 Å². The first-order valence-electron chi connectivity index (χ1n) is 6.91. The van der Waals surface area contributed by atoms with Crippen molar-refractivity contribution < 1.29 is 9.84 Å². The van der Waals surface area contributed by atoms with E-state index in [0.29, 0.717) is 12.5 Å². The van der Waals surface area contributed by atoms with Crippen molar-refractivity contribution >= 4 is 29.9 Å². The van der Waals surface area contributed by atoms with E-state index < -0.39 is 0 Å². The molecule has 114 valence electrons. The fraction of sp³-hybridized carbons (Fsp3) is 0.923. The lowest BCUT2D eigenvalue weighted by atomic mass is 9.79. The summed E-state index contributed by atoms with van der Waals surface area (Å²) >= 11 is 0. The van der Waals surface area contributed by atoms with Gasteiger partial charge in [0.05, 0.1) is 13.2 Å². The highest BCUT2D eigenvalue weighted by Crippen LogP contribution is 2.30. The number of halogens is 1. The molecular formula is C13H28IN3O2. The monoisotopic (exact) mass is 385 g/mol. The highest BCUT2D eigenvalue weighted by molar-refractivity contribution is 14.0. The topological polar surface area (TPSA) is 71.1 Å². The fourth-order valence-corrected chi connectivity index (χ4v) is 2.28. The minimum Gasteiger partial charge on any atom is -0.396 e. The van der Waals surface area contributed by atoms with Crippen molar-refractivity contribution in [2.75, 3.05) is 39.5 Å². The Kier molecular flexibility index (Phi) is 9.72. The number of nitrogens with zero attached hydrogens (tertiary/aromatic N) is 2. The van der Waals surface area contributed by atoms with Crippen molar-refractivity contribution in [3.63, 3.8) is 0 Å². The highest BCUT2D eigenvalue weighted by atomic mass is 127. The van der Waals surface area contributed by atoms with Gasteiger partial charge in [-0.1, -0.05) is 13.8 Å². The van der Waals surface area contributed by atoms with E-state index in [4.69, 9.17) is 10.5 Å². The van der Waals surface area contributed by atoms with Gasteiger partial charge in [0, 0.05) is 26.2 Å². The summed E-state index contributed by atoms with van der Waals surface area (Å²) in [7, 11) is 0. The predicted octanol–water partition coefficient (Wildman–Crippen LogP) is 1.44. The van der Waals surface area contributed by atoms with Gasteiger partial charge in [0.1, 0.15) is 0 Å².